The lowest BCUT2D eigenvalue weighted by Gasteiger charge is -2.18. The number of hydrogen-bond acceptors (Lipinski definition) is 3. The van der Waals surface area contributed by atoms with E-state index >= 15 is 0 Å². The first-order valence-corrected chi connectivity index (χ1v) is 10.8. The number of methoxy groups -OCH3 is 1. The second-order valence-corrected chi connectivity index (χ2v) is 8.13. The van der Waals surface area contributed by atoms with Crippen molar-refractivity contribution in [3.63, 3.8) is 0 Å². The van der Waals surface area contributed by atoms with Gasteiger partial charge in [-0.15, -0.1) is 0 Å². The quantitative estimate of drug-likeness (QED) is 0.336. The number of hydrogen-bond donors (Lipinski definition) is 1. The summed E-state index contributed by atoms with van der Waals surface area (Å²) >= 11 is 16.2. The Morgan fingerprint density at radius 3 is 2.31 bits per heavy atom. The van der Waals surface area contributed by atoms with Gasteiger partial charge in [0.2, 0.25) is 0 Å². The first-order valence-electron chi connectivity index (χ1n) is 9.26. The molecule has 3 nitrogen and oxygen atoms in total. The number of benzene rings is 3. The average molecular weight is 495 g/mol. The van der Waals surface area contributed by atoms with Crippen LogP contribution in [0.25, 0.3) is 0 Å². The Balaban J connectivity index is 1.72. The van der Waals surface area contributed by atoms with Crippen LogP contribution >= 0.6 is 39.1 Å². The van der Waals surface area contributed by atoms with Crippen LogP contribution in [0.3, 0.4) is 0 Å². The van der Waals surface area contributed by atoms with E-state index < -0.39 is 0 Å². The molecule has 0 bridgehead atoms. The molecule has 0 aliphatic heterocycles. The largest absolute Gasteiger partial charge is 0.493 e. The summed E-state index contributed by atoms with van der Waals surface area (Å²) in [6.45, 7) is 1.74. The zero-order chi connectivity index (χ0) is 20.6. The van der Waals surface area contributed by atoms with Gasteiger partial charge in [-0.25, -0.2) is 0 Å². The van der Waals surface area contributed by atoms with Gasteiger partial charge in [-0.1, -0.05) is 75.5 Å². The summed E-state index contributed by atoms with van der Waals surface area (Å²) in [7, 11) is 1.63. The smallest absolute Gasteiger partial charge is 0.167 e. The van der Waals surface area contributed by atoms with E-state index in [2.05, 4.69) is 45.5 Å². The Bertz CT molecular complexity index is 931. The molecule has 0 aliphatic carbocycles. The van der Waals surface area contributed by atoms with Gasteiger partial charge in [0.25, 0.3) is 0 Å². The molecule has 0 amide bonds. The zero-order valence-electron chi connectivity index (χ0n) is 16.1. The van der Waals surface area contributed by atoms with Crippen LogP contribution in [0.15, 0.2) is 65.1 Å². The highest BCUT2D eigenvalue weighted by Gasteiger charge is 2.16. The fraction of sp³-hybridized carbons (Fsp3) is 0.217. The maximum Gasteiger partial charge on any atom is 0.167 e. The Morgan fingerprint density at radius 1 is 0.897 bits per heavy atom. The van der Waals surface area contributed by atoms with E-state index in [1.54, 1.807) is 19.2 Å². The van der Waals surface area contributed by atoms with Crippen molar-refractivity contribution in [1.29, 1.82) is 0 Å². The molecular weight excluding hydrogens is 473 g/mol. The lowest BCUT2D eigenvalue weighted by molar-refractivity contribution is 0.280. The van der Waals surface area contributed by atoms with Crippen molar-refractivity contribution >= 4 is 39.1 Å². The average Bonchev–Trinajstić information content (AvgIpc) is 2.73. The summed E-state index contributed by atoms with van der Waals surface area (Å²) in [5, 5.41) is 4.64. The van der Waals surface area contributed by atoms with E-state index in [1.165, 1.54) is 5.56 Å². The molecule has 152 valence electrons. The third-order valence-corrected chi connectivity index (χ3v) is 6.00. The Labute approximate surface area is 190 Å². The summed E-state index contributed by atoms with van der Waals surface area (Å²) in [5.41, 5.74) is 3.04. The minimum absolute atomic E-state index is 0.252. The maximum absolute atomic E-state index is 6.28. The predicted molar refractivity (Wildman–Crippen MR) is 123 cm³/mol. The number of rotatable bonds is 9. The van der Waals surface area contributed by atoms with E-state index in [9.17, 15) is 0 Å². The van der Waals surface area contributed by atoms with Crippen LogP contribution in [0, 0.1) is 0 Å². The fourth-order valence-electron chi connectivity index (χ4n) is 2.97. The number of halogens is 3. The SMILES string of the molecule is COc1ccc(Br)c(CNCCc2ccccc2)c1OCc1c(Cl)cccc1Cl. The molecule has 0 heterocycles. The van der Waals surface area contributed by atoms with Crippen molar-refractivity contribution in [2.24, 2.45) is 0 Å². The summed E-state index contributed by atoms with van der Waals surface area (Å²) in [5.74, 6) is 1.33. The van der Waals surface area contributed by atoms with Crippen LogP contribution in [0.2, 0.25) is 10.0 Å². The van der Waals surface area contributed by atoms with Crippen molar-refractivity contribution in [2.45, 2.75) is 19.6 Å². The van der Waals surface area contributed by atoms with Gasteiger partial charge in [0.1, 0.15) is 6.61 Å². The Kier molecular flexibility index (Phi) is 8.25. The molecule has 3 rings (SSSR count). The van der Waals surface area contributed by atoms with Crippen molar-refractivity contribution in [2.75, 3.05) is 13.7 Å². The van der Waals surface area contributed by atoms with Crippen LogP contribution in [-0.4, -0.2) is 13.7 Å². The standard InChI is InChI=1S/C23H22BrCl2NO2/c1-28-22-11-10-19(24)17(14-27-13-12-16-6-3-2-4-7-16)23(22)29-15-18-20(25)8-5-9-21(18)26/h2-11,27H,12-15H2,1H3. The highest BCUT2D eigenvalue weighted by Crippen LogP contribution is 2.37. The van der Waals surface area contributed by atoms with E-state index in [4.69, 9.17) is 32.7 Å². The molecule has 29 heavy (non-hydrogen) atoms. The first-order chi connectivity index (χ1) is 14.1. The topological polar surface area (TPSA) is 30.5 Å². The van der Waals surface area contributed by atoms with E-state index in [0.717, 1.165) is 28.6 Å². The molecule has 3 aromatic carbocycles. The van der Waals surface area contributed by atoms with Crippen LogP contribution < -0.4 is 14.8 Å². The Morgan fingerprint density at radius 2 is 1.62 bits per heavy atom. The monoisotopic (exact) mass is 493 g/mol. The van der Waals surface area contributed by atoms with E-state index in [1.807, 2.05) is 24.3 Å². The second kappa shape index (κ2) is 10.9. The van der Waals surface area contributed by atoms with Gasteiger partial charge in [0, 0.05) is 32.2 Å². The summed E-state index contributed by atoms with van der Waals surface area (Å²) in [4.78, 5) is 0. The minimum atomic E-state index is 0.252. The molecule has 0 saturated carbocycles. The summed E-state index contributed by atoms with van der Waals surface area (Å²) in [6, 6.07) is 19.7. The second-order valence-electron chi connectivity index (χ2n) is 6.46. The third-order valence-electron chi connectivity index (χ3n) is 4.54. The molecule has 0 aromatic heterocycles. The predicted octanol–water partition coefficient (Wildman–Crippen LogP) is 6.68. The highest BCUT2D eigenvalue weighted by atomic mass is 79.9. The summed E-state index contributed by atoms with van der Waals surface area (Å²) < 4.78 is 12.6. The van der Waals surface area contributed by atoms with E-state index in [-0.39, 0.29) is 6.61 Å². The fourth-order valence-corrected chi connectivity index (χ4v) is 3.93. The van der Waals surface area contributed by atoms with Gasteiger partial charge >= 0.3 is 0 Å². The molecule has 0 atom stereocenters. The molecule has 6 heteroatoms. The molecule has 3 aromatic rings. The van der Waals surface area contributed by atoms with Gasteiger partial charge in [0.05, 0.1) is 7.11 Å². The molecule has 0 spiro atoms. The summed E-state index contributed by atoms with van der Waals surface area (Å²) in [6.07, 6.45) is 0.952. The lowest BCUT2D eigenvalue weighted by atomic mass is 10.1. The van der Waals surface area contributed by atoms with Crippen LogP contribution in [0.4, 0.5) is 0 Å². The first kappa shape index (κ1) is 22.0. The van der Waals surface area contributed by atoms with Crippen LogP contribution in [0.1, 0.15) is 16.7 Å². The highest BCUT2D eigenvalue weighted by molar-refractivity contribution is 9.10. The van der Waals surface area contributed by atoms with Crippen molar-refractivity contribution in [3.05, 3.63) is 91.9 Å². The van der Waals surface area contributed by atoms with Gasteiger partial charge in [-0.2, -0.15) is 0 Å². The third kappa shape index (κ3) is 5.89. The normalized spacial score (nSPS) is 10.8. The van der Waals surface area contributed by atoms with E-state index in [0.29, 0.717) is 28.1 Å². The molecule has 0 radical (unpaired) electrons. The molecule has 0 unspecified atom stereocenters. The number of ether oxygens (including phenoxy) is 2. The molecular formula is C23H22BrCl2NO2. The van der Waals surface area contributed by atoms with Crippen LogP contribution in [-0.2, 0) is 19.6 Å². The van der Waals surface area contributed by atoms with Gasteiger partial charge < -0.3 is 14.8 Å². The van der Waals surface area contributed by atoms with Crippen molar-refractivity contribution in [1.82, 2.24) is 5.32 Å². The molecule has 0 fully saturated rings. The van der Waals surface area contributed by atoms with Crippen molar-refractivity contribution < 1.29 is 9.47 Å². The zero-order valence-corrected chi connectivity index (χ0v) is 19.2. The Hall–Kier alpha value is -1.72. The maximum atomic E-state index is 6.28. The van der Waals surface area contributed by atoms with Crippen LogP contribution in [0.5, 0.6) is 11.5 Å². The molecule has 0 aliphatic rings. The molecule has 0 saturated heterocycles. The number of nitrogens with one attached hydrogen (secondary N) is 1. The van der Waals surface area contributed by atoms with Crippen molar-refractivity contribution in [3.8, 4) is 11.5 Å². The molecule has 1 N–H and O–H groups in total. The minimum Gasteiger partial charge on any atom is -0.493 e. The van der Waals surface area contributed by atoms with Gasteiger partial charge in [-0.05, 0) is 42.8 Å². The van der Waals surface area contributed by atoms with Gasteiger partial charge in [-0.3, -0.25) is 0 Å². The lowest BCUT2D eigenvalue weighted by Crippen LogP contribution is -2.18. The van der Waals surface area contributed by atoms with Gasteiger partial charge in [0.15, 0.2) is 11.5 Å².